The molecule has 0 amide bonds. The van der Waals surface area contributed by atoms with Crippen molar-refractivity contribution in [2.24, 2.45) is 0 Å². The van der Waals surface area contributed by atoms with Crippen molar-refractivity contribution in [2.75, 3.05) is 13.2 Å². The molecule has 0 aliphatic carbocycles. The third-order valence-corrected chi connectivity index (χ3v) is 3.25. The van der Waals surface area contributed by atoms with Crippen molar-refractivity contribution >= 4 is 17.0 Å². The van der Waals surface area contributed by atoms with Crippen molar-refractivity contribution in [1.82, 2.24) is 9.55 Å². The van der Waals surface area contributed by atoms with E-state index in [1.165, 1.54) is 0 Å². The Balaban J connectivity index is 2.21. The van der Waals surface area contributed by atoms with E-state index in [2.05, 4.69) is 4.98 Å². The van der Waals surface area contributed by atoms with Crippen molar-refractivity contribution in [3.8, 4) is 11.5 Å². The first-order valence-electron chi connectivity index (χ1n) is 6.58. The summed E-state index contributed by atoms with van der Waals surface area (Å²) in [4.78, 5) is 15.6. The molecule has 0 spiro atoms. The average Bonchev–Trinajstić information content (AvgIpc) is 2.74. The molecule has 6 heteroatoms. The highest BCUT2D eigenvalue weighted by Crippen LogP contribution is 2.35. The molecule has 0 atom stereocenters. The third kappa shape index (κ3) is 2.07. The smallest absolute Gasteiger partial charge is 0.323 e. The Labute approximate surface area is 115 Å². The number of imidazole rings is 1. The number of rotatable bonds is 3. The lowest BCUT2D eigenvalue weighted by atomic mass is 10.2. The van der Waals surface area contributed by atoms with Crippen LogP contribution in [0.4, 0.5) is 0 Å². The predicted octanol–water partition coefficient (Wildman–Crippen LogP) is 2.02. The zero-order valence-electron chi connectivity index (χ0n) is 11.4. The zero-order valence-corrected chi connectivity index (χ0v) is 11.4. The maximum absolute atomic E-state index is 11.1. The lowest BCUT2D eigenvalue weighted by Crippen LogP contribution is -2.15. The topological polar surface area (TPSA) is 73.6 Å². The van der Waals surface area contributed by atoms with Gasteiger partial charge in [-0.2, -0.15) is 0 Å². The molecule has 1 aliphatic heterocycles. The van der Waals surface area contributed by atoms with Gasteiger partial charge in [0.1, 0.15) is 25.6 Å². The fourth-order valence-electron chi connectivity index (χ4n) is 2.42. The van der Waals surface area contributed by atoms with Gasteiger partial charge in [-0.15, -0.1) is 0 Å². The second-order valence-corrected chi connectivity index (χ2v) is 5.09. The number of nitrogens with zero attached hydrogens (tertiary/aromatic N) is 2. The molecule has 2 heterocycles. The second-order valence-electron chi connectivity index (χ2n) is 5.09. The van der Waals surface area contributed by atoms with Gasteiger partial charge >= 0.3 is 5.97 Å². The van der Waals surface area contributed by atoms with Crippen LogP contribution in [0.2, 0.25) is 0 Å². The predicted molar refractivity (Wildman–Crippen MR) is 72.4 cm³/mol. The summed E-state index contributed by atoms with van der Waals surface area (Å²) < 4.78 is 12.8. The molecule has 0 saturated carbocycles. The van der Waals surface area contributed by atoms with E-state index in [1.54, 1.807) is 4.57 Å². The molecule has 0 saturated heterocycles. The quantitative estimate of drug-likeness (QED) is 0.928. The summed E-state index contributed by atoms with van der Waals surface area (Å²) in [5.74, 6) is 1.32. The Morgan fingerprint density at radius 1 is 1.35 bits per heavy atom. The number of fused-ring (bicyclic) bond motifs is 2. The van der Waals surface area contributed by atoms with Crippen LogP contribution in [0.3, 0.4) is 0 Å². The molecule has 1 aliphatic rings. The molecule has 0 fully saturated rings. The molecule has 1 aromatic carbocycles. The highest BCUT2D eigenvalue weighted by molar-refractivity contribution is 5.82. The summed E-state index contributed by atoms with van der Waals surface area (Å²) in [5, 5.41) is 9.08. The molecule has 6 nitrogen and oxygen atoms in total. The van der Waals surface area contributed by atoms with Gasteiger partial charge in [0.15, 0.2) is 11.5 Å². The van der Waals surface area contributed by atoms with Gasteiger partial charge in [-0.3, -0.25) is 4.79 Å². The molecule has 106 valence electrons. The number of carboxylic acids is 1. The van der Waals surface area contributed by atoms with Crippen LogP contribution in [-0.2, 0) is 11.3 Å². The number of aliphatic carboxylic acids is 1. The maximum atomic E-state index is 11.1. The zero-order chi connectivity index (χ0) is 14.3. The van der Waals surface area contributed by atoms with Gasteiger partial charge in [-0.25, -0.2) is 4.98 Å². The Morgan fingerprint density at radius 3 is 2.60 bits per heavy atom. The van der Waals surface area contributed by atoms with E-state index in [-0.39, 0.29) is 12.5 Å². The third-order valence-electron chi connectivity index (χ3n) is 3.25. The van der Waals surface area contributed by atoms with E-state index in [4.69, 9.17) is 14.6 Å². The Morgan fingerprint density at radius 2 is 2.00 bits per heavy atom. The van der Waals surface area contributed by atoms with Crippen LogP contribution in [-0.4, -0.2) is 33.8 Å². The minimum atomic E-state index is -0.888. The lowest BCUT2D eigenvalue weighted by molar-refractivity contribution is -0.137. The van der Waals surface area contributed by atoms with Crippen LogP contribution in [0.25, 0.3) is 11.0 Å². The standard InChI is InChI=1S/C14H16N2O4/c1-8(2)14-15-9-5-11-12(20-4-3-19-11)6-10(9)16(14)7-13(17)18/h5-6,8H,3-4,7H2,1-2H3,(H,17,18). The average molecular weight is 276 g/mol. The maximum Gasteiger partial charge on any atom is 0.323 e. The molecule has 0 radical (unpaired) electrons. The summed E-state index contributed by atoms with van der Waals surface area (Å²) in [6.07, 6.45) is 0. The van der Waals surface area contributed by atoms with Gasteiger partial charge in [0, 0.05) is 18.1 Å². The Bertz CT molecular complexity index is 675. The number of ether oxygens (including phenoxy) is 2. The summed E-state index contributed by atoms with van der Waals surface area (Å²) in [6.45, 7) is 4.90. The van der Waals surface area contributed by atoms with E-state index in [0.717, 1.165) is 16.9 Å². The first kappa shape index (κ1) is 12.8. The molecule has 3 rings (SSSR count). The molecular weight excluding hydrogens is 260 g/mol. The van der Waals surface area contributed by atoms with E-state index in [9.17, 15) is 4.79 Å². The SMILES string of the molecule is CC(C)c1nc2cc3c(cc2n1CC(=O)O)OCCO3. The van der Waals surface area contributed by atoms with Crippen LogP contribution >= 0.6 is 0 Å². The van der Waals surface area contributed by atoms with Crippen LogP contribution in [0.15, 0.2) is 12.1 Å². The number of carboxylic acid groups (broad SMARTS) is 1. The van der Waals surface area contributed by atoms with Crippen molar-refractivity contribution in [2.45, 2.75) is 26.3 Å². The van der Waals surface area contributed by atoms with Crippen molar-refractivity contribution in [3.05, 3.63) is 18.0 Å². The first-order chi connectivity index (χ1) is 9.56. The number of benzene rings is 1. The van der Waals surface area contributed by atoms with Gasteiger partial charge in [0.25, 0.3) is 0 Å². The fraction of sp³-hybridized carbons (Fsp3) is 0.429. The molecule has 2 aromatic rings. The highest BCUT2D eigenvalue weighted by atomic mass is 16.6. The lowest BCUT2D eigenvalue weighted by Gasteiger charge is -2.18. The molecule has 0 unspecified atom stereocenters. The van der Waals surface area contributed by atoms with Crippen molar-refractivity contribution < 1.29 is 19.4 Å². The van der Waals surface area contributed by atoms with E-state index in [1.807, 2.05) is 26.0 Å². The normalized spacial score (nSPS) is 13.9. The number of hydrogen-bond acceptors (Lipinski definition) is 4. The summed E-state index contributed by atoms with van der Waals surface area (Å²) >= 11 is 0. The molecule has 1 N–H and O–H groups in total. The van der Waals surface area contributed by atoms with Crippen LogP contribution in [0.1, 0.15) is 25.6 Å². The van der Waals surface area contributed by atoms with Gasteiger partial charge in [-0.05, 0) is 0 Å². The number of aromatic nitrogens is 2. The summed E-state index contributed by atoms with van der Waals surface area (Å²) in [5.41, 5.74) is 1.50. The molecule has 20 heavy (non-hydrogen) atoms. The second kappa shape index (κ2) is 4.70. The van der Waals surface area contributed by atoms with Crippen molar-refractivity contribution in [1.29, 1.82) is 0 Å². The first-order valence-corrected chi connectivity index (χ1v) is 6.58. The summed E-state index contributed by atoms with van der Waals surface area (Å²) in [6, 6.07) is 3.62. The van der Waals surface area contributed by atoms with E-state index in [0.29, 0.717) is 24.7 Å². The minimum Gasteiger partial charge on any atom is -0.486 e. The Kier molecular flexibility index (Phi) is 3.00. The van der Waals surface area contributed by atoms with Crippen LogP contribution in [0, 0.1) is 0 Å². The molecule has 1 aromatic heterocycles. The number of hydrogen-bond donors (Lipinski definition) is 1. The molecular formula is C14H16N2O4. The van der Waals surface area contributed by atoms with Gasteiger partial charge < -0.3 is 19.1 Å². The highest BCUT2D eigenvalue weighted by Gasteiger charge is 2.20. The number of carbonyl (C=O) groups is 1. The van der Waals surface area contributed by atoms with Crippen LogP contribution < -0.4 is 9.47 Å². The van der Waals surface area contributed by atoms with E-state index < -0.39 is 5.97 Å². The van der Waals surface area contributed by atoms with E-state index >= 15 is 0 Å². The fourth-order valence-corrected chi connectivity index (χ4v) is 2.42. The van der Waals surface area contributed by atoms with Crippen LogP contribution in [0.5, 0.6) is 11.5 Å². The van der Waals surface area contributed by atoms with Crippen molar-refractivity contribution in [3.63, 3.8) is 0 Å². The Hall–Kier alpha value is -2.24. The largest absolute Gasteiger partial charge is 0.486 e. The van der Waals surface area contributed by atoms with Gasteiger partial charge in [0.2, 0.25) is 0 Å². The van der Waals surface area contributed by atoms with Gasteiger partial charge in [0.05, 0.1) is 11.0 Å². The molecule has 0 bridgehead atoms. The summed E-state index contributed by atoms with van der Waals surface area (Å²) in [7, 11) is 0. The van der Waals surface area contributed by atoms with Gasteiger partial charge in [-0.1, -0.05) is 13.8 Å². The monoisotopic (exact) mass is 276 g/mol. The minimum absolute atomic E-state index is 0.107.